The van der Waals surface area contributed by atoms with E-state index in [9.17, 15) is 18.0 Å². The van der Waals surface area contributed by atoms with Crippen LogP contribution in [0.3, 0.4) is 0 Å². The molecule has 7 heteroatoms. The fourth-order valence-electron chi connectivity index (χ4n) is 3.15. The van der Waals surface area contributed by atoms with Crippen LogP contribution in [-0.2, 0) is 19.7 Å². The number of allylic oxidation sites excluding steroid dienone is 2. The van der Waals surface area contributed by atoms with E-state index in [-0.39, 0.29) is 29.4 Å². The number of nitrogens with one attached hydrogen (secondary N) is 1. The molecule has 2 aliphatic carbocycles. The van der Waals surface area contributed by atoms with Crippen molar-refractivity contribution in [2.75, 3.05) is 5.75 Å². The molecule has 2 bridgehead atoms. The highest BCUT2D eigenvalue weighted by Crippen LogP contribution is 2.50. The molecule has 4 atom stereocenters. The average molecular weight is 301 g/mol. The Labute approximate surface area is 118 Å². The lowest BCUT2D eigenvalue weighted by Gasteiger charge is -2.14. The van der Waals surface area contributed by atoms with E-state index in [0.29, 0.717) is 18.3 Å². The van der Waals surface area contributed by atoms with Crippen molar-refractivity contribution in [3.63, 3.8) is 0 Å². The number of hydrogen-bond acceptors (Lipinski definition) is 4. The van der Waals surface area contributed by atoms with E-state index < -0.39 is 10.1 Å². The second-order valence-corrected chi connectivity index (χ2v) is 7.07. The second-order valence-electron chi connectivity index (χ2n) is 5.49. The maximum absolute atomic E-state index is 11.3. The molecule has 0 radical (unpaired) electrons. The van der Waals surface area contributed by atoms with E-state index in [1.165, 1.54) is 0 Å². The minimum atomic E-state index is -3.69. The van der Waals surface area contributed by atoms with Gasteiger partial charge in [-0.25, -0.2) is 0 Å². The van der Waals surface area contributed by atoms with Gasteiger partial charge in [-0.3, -0.25) is 19.5 Å². The summed E-state index contributed by atoms with van der Waals surface area (Å²) in [4.78, 5) is 22.6. The Hall–Kier alpha value is -1.21. The summed E-state index contributed by atoms with van der Waals surface area (Å²) in [5.74, 6) is 0.394. The van der Waals surface area contributed by atoms with Gasteiger partial charge >= 0.3 is 0 Å². The standard InChI is InChI=1S/C9H9NO2.C4H10O3S/c11-8-6-4-1-2-5(3-4)7(6)9(12)10-8;1-2-3-4-8(5,6)7/h1-2,4-7H,3H2,(H,10,11,12);2-4H2,1H3,(H,5,6,7). The van der Waals surface area contributed by atoms with Crippen LogP contribution in [0.2, 0.25) is 0 Å². The molecule has 20 heavy (non-hydrogen) atoms. The van der Waals surface area contributed by atoms with Gasteiger partial charge in [0.05, 0.1) is 17.6 Å². The summed E-state index contributed by atoms with van der Waals surface area (Å²) < 4.78 is 28.0. The van der Waals surface area contributed by atoms with Crippen molar-refractivity contribution >= 4 is 21.9 Å². The van der Waals surface area contributed by atoms with Crippen molar-refractivity contribution in [2.45, 2.75) is 26.2 Å². The van der Waals surface area contributed by atoms with Gasteiger partial charge < -0.3 is 0 Å². The zero-order valence-corrected chi connectivity index (χ0v) is 12.1. The predicted octanol–water partition coefficient (Wildman–Crippen LogP) is 0.755. The lowest BCUT2D eigenvalue weighted by atomic mass is 9.85. The van der Waals surface area contributed by atoms with Gasteiger partial charge in [-0.2, -0.15) is 8.42 Å². The topological polar surface area (TPSA) is 101 Å². The summed E-state index contributed by atoms with van der Waals surface area (Å²) in [6.07, 6.45) is 6.52. The van der Waals surface area contributed by atoms with Crippen molar-refractivity contribution in [3.05, 3.63) is 12.2 Å². The molecule has 1 heterocycles. The molecule has 2 fully saturated rings. The maximum atomic E-state index is 11.3. The first-order valence-electron chi connectivity index (χ1n) is 6.81. The fraction of sp³-hybridized carbons (Fsp3) is 0.692. The number of amides is 2. The Morgan fingerprint density at radius 2 is 1.70 bits per heavy atom. The molecule has 1 aliphatic heterocycles. The van der Waals surface area contributed by atoms with E-state index in [4.69, 9.17) is 4.55 Å². The van der Waals surface area contributed by atoms with Crippen LogP contribution in [0.5, 0.6) is 0 Å². The average Bonchev–Trinajstić information content (AvgIpc) is 3.01. The van der Waals surface area contributed by atoms with Crippen LogP contribution in [0.15, 0.2) is 12.2 Å². The van der Waals surface area contributed by atoms with Crippen LogP contribution in [0.25, 0.3) is 0 Å². The number of rotatable bonds is 3. The Morgan fingerprint density at radius 3 is 2.05 bits per heavy atom. The van der Waals surface area contributed by atoms with Crippen molar-refractivity contribution < 1.29 is 22.6 Å². The van der Waals surface area contributed by atoms with Gasteiger partial charge in [0, 0.05) is 0 Å². The van der Waals surface area contributed by atoms with Crippen molar-refractivity contribution in [3.8, 4) is 0 Å². The van der Waals surface area contributed by atoms with Crippen molar-refractivity contribution in [2.24, 2.45) is 23.7 Å². The van der Waals surface area contributed by atoms with Gasteiger partial charge in [-0.1, -0.05) is 25.5 Å². The van der Waals surface area contributed by atoms with Gasteiger partial charge in [0.15, 0.2) is 0 Å². The minimum Gasteiger partial charge on any atom is -0.296 e. The number of fused-ring (bicyclic) bond motifs is 5. The van der Waals surface area contributed by atoms with Crippen LogP contribution < -0.4 is 5.32 Å². The normalized spacial score (nSPS) is 33.7. The van der Waals surface area contributed by atoms with E-state index in [2.05, 4.69) is 17.5 Å². The number of carbonyl (C=O) groups excluding carboxylic acids is 2. The van der Waals surface area contributed by atoms with Crippen LogP contribution in [0.1, 0.15) is 26.2 Å². The first kappa shape index (κ1) is 15.2. The lowest BCUT2D eigenvalue weighted by molar-refractivity contribution is -0.126. The highest BCUT2D eigenvalue weighted by atomic mass is 32.2. The van der Waals surface area contributed by atoms with Gasteiger partial charge in [0.25, 0.3) is 10.1 Å². The molecule has 6 nitrogen and oxygen atoms in total. The molecule has 0 aromatic carbocycles. The van der Waals surface area contributed by atoms with E-state index >= 15 is 0 Å². The molecule has 0 aromatic rings. The Morgan fingerprint density at radius 1 is 1.20 bits per heavy atom. The summed E-state index contributed by atoms with van der Waals surface area (Å²) in [5.41, 5.74) is 0. The number of hydrogen-bond donors (Lipinski definition) is 2. The smallest absolute Gasteiger partial charge is 0.264 e. The summed E-state index contributed by atoms with van der Waals surface area (Å²) >= 11 is 0. The van der Waals surface area contributed by atoms with Crippen molar-refractivity contribution in [1.82, 2.24) is 5.32 Å². The molecule has 2 N–H and O–H groups in total. The highest BCUT2D eigenvalue weighted by molar-refractivity contribution is 7.85. The van der Waals surface area contributed by atoms with Gasteiger partial charge in [-0.05, 0) is 24.7 Å². The third-order valence-corrected chi connectivity index (χ3v) is 4.87. The Kier molecular flexibility index (Phi) is 4.29. The van der Waals surface area contributed by atoms with Gasteiger partial charge in [0.1, 0.15) is 0 Å². The monoisotopic (exact) mass is 301 g/mol. The molecule has 112 valence electrons. The largest absolute Gasteiger partial charge is 0.296 e. The molecule has 0 aromatic heterocycles. The third kappa shape index (κ3) is 3.09. The molecular formula is C13H19NO5S. The second kappa shape index (κ2) is 5.65. The Bertz CT molecular complexity index is 511. The number of carbonyl (C=O) groups is 2. The van der Waals surface area contributed by atoms with Crippen LogP contribution in [-0.4, -0.2) is 30.5 Å². The van der Waals surface area contributed by atoms with E-state index in [0.717, 1.165) is 12.8 Å². The Balaban J connectivity index is 0.000000163. The molecule has 0 spiro atoms. The maximum Gasteiger partial charge on any atom is 0.264 e. The predicted molar refractivity (Wildman–Crippen MR) is 72.2 cm³/mol. The number of unbranched alkanes of at least 4 members (excludes halogenated alkanes) is 1. The van der Waals surface area contributed by atoms with Crippen LogP contribution in [0.4, 0.5) is 0 Å². The van der Waals surface area contributed by atoms with E-state index in [1.54, 1.807) is 0 Å². The third-order valence-electron chi connectivity index (χ3n) is 4.07. The van der Waals surface area contributed by atoms with Crippen LogP contribution >= 0.6 is 0 Å². The first-order valence-corrected chi connectivity index (χ1v) is 8.42. The highest BCUT2D eigenvalue weighted by Gasteiger charge is 2.55. The fourth-order valence-corrected chi connectivity index (χ4v) is 3.81. The molecule has 3 rings (SSSR count). The quantitative estimate of drug-likeness (QED) is 0.455. The van der Waals surface area contributed by atoms with E-state index in [1.807, 2.05) is 6.92 Å². The summed E-state index contributed by atoms with van der Waals surface area (Å²) in [6.45, 7) is 1.87. The summed E-state index contributed by atoms with van der Waals surface area (Å²) in [5, 5.41) is 2.40. The minimum absolute atomic E-state index is 0.0347. The van der Waals surface area contributed by atoms with Gasteiger partial charge in [0.2, 0.25) is 11.8 Å². The van der Waals surface area contributed by atoms with Crippen LogP contribution in [0, 0.1) is 23.7 Å². The molecule has 1 saturated heterocycles. The SMILES string of the molecule is CCCCS(=O)(=O)O.O=C1NC(=O)C2C3C=CC(C3)C12. The van der Waals surface area contributed by atoms with Crippen molar-refractivity contribution in [1.29, 1.82) is 0 Å². The first-order chi connectivity index (χ1) is 9.33. The lowest BCUT2D eigenvalue weighted by Crippen LogP contribution is -2.25. The molecular weight excluding hydrogens is 282 g/mol. The molecule has 1 saturated carbocycles. The molecule has 4 unspecified atom stereocenters. The van der Waals surface area contributed by atoms with Gasteiger partial charge in [-0.15, -0.1) is 0 Å². The summed E-state index contributed by atoms with van der Waals surface area (Å²) in [6, 6.07) is 0. The zero-order chi connectivity index (χ0) is 14.9. The zero-order valence-electron chi connectivity index (χ0n) is 11.3. The molecule has 2 amide bonds. The summed E-state index contributed by atoms with van der Waals surface area (Å²) in [7, 11) is -3.69. The molecule has 3 aliphatic rings. The number of imide groups is 1.